The molecule has 0 atom stereocenters. The molecule has 4 aromatic rings. The van der Waals surface area contributed by atoms with Crippen molar-refractivity contribution in [3.63, 3.8) is 0 Å². The minimum Gasteiger partial charge on any atom is -0.481 e. The molecule has 2 heterocycles. The SMILES string of the molecule is COc1ccc(Oc2ccc(N=c3n(N)c(=O)n(CCC(=O)N=O)c(=O)n3Cc3ccc(Cl)cc3)cc2)cn1. The molecule has 39 heavy (non-hydrogen) atoms. The van der Waals surface area contributed by atoms with Crippen LogP contribution in [0, 0.1) is 4.91 Å². The third kappa shape index (κ3) is 6.45. The maximum Gasteiger partial charge on any atom is 0.353 e. The van der Waals surface area contributed by atoms with Crippen LogP contribution in [0.5, 0.6) is 17.4 Å². The average Bonchev–Trinajstić information content (AvgIpc) is 2.95. The van der Waals surface area contributed by atoms with E-state index < -0.39 is 23.7 Å². The molecular formula is C25H22ClN7O6. The number of nitrogen functional groups attached to an aromatic ring is 1. The molecule has 0 unspecified atom stereocenters. The molecule has 1 amide bonds. The van der Waals surface area contributed by atoms with Crippen molar-refractivity contribution in [3.8, 4) is 17.4 Å². The zero-order chi connectivity index (χ0) is 27.9. The van der Waals surface area contributed by atoms with Crippen LogP contribution in [0.2, 0.25) is 5.02 Å². The van der Waals surface area contributed by atoms with Gasteiger partial charge < -0.3 is 15.3 Å². The molecule has 0 aliphatic carbocycles. The lowest BCUT2D eigenvalue weighted by atomic mass is 10.2. The number of methoxy groups -OCH3 is 1. The summed E-state index contributed by atoms with van der Waals surface area (Å²) >= 11 is 5.98. The van der Waals surface area contributed by atoms with Gasteiger partial charge in [-0.2, -0.15) is 4.68 Å². The predicted molar refractivity (Wildman–Crippen MR) is 142 cm³/mol. The van der Waals surface area contributed by atoms with Crippen LogP contribution in [0.15, 0.2) is 86.6 Å². The van der Waals surface area contributed by atoms with Gasteiger partial charge in [0.2, 0.25) is 11.5 Å². The van der Waals surface area contributed by atoms with Crippen molar-refractivity contribution in [1.29, 1.82) is 0 Å². The number of carbonyl (C=O) groups is 1. The van der Waals surface area contributed by atoms with Crippen molar-refractivity contribution in [2.45, 2.75) is 19.5 Å². The molecule has 4 rings (SSSR count). The van der Waals surface area contributed by atoms with E-state index in [0.29, 0.717) is 38.3 Å². The van der Waals surface area contributed by atoms with Crippen LogP contribution in [-0.4, -0.2) is 31.8 Å². The number of rotatable bonds is 9. The van der Waals surface area contributed by atoms with Crippen LogP contribution in [-0.2, 0) is 17.9 Å². The first-order valence-electron chi connectivity index (χ1n) is 11.4. The van der Waals surface area contributed by atoms with Gasteiger partial charge in [0.25, 0.3) is 5.91 Å². The Kier molecular flexibility index (Phi) is 8.31. The fourth-order valence-electron chi connectivity index (χ4n) is 3.52. The normalized spacial score (nSPS) is 11.3. The van der Waals surface area contributed by atoms with Gasteiger partial charge in [0.15, 0.2) is 0 Å². The Labute approximate surface area is 225 Å². The molecule has 13 nitrogen and oxygen atoms in total. The van der Waals surface area contributed by atoms with Gasteiger partial charge in [0, 0.05) is 22.8 Å². The molecule has 2 N–H and O–H groups in total. The highest BCUT2D eigenvalue weighted by molar-refractivity contribution is 6.30. The molecular weight excluding hydrogens is 530 g/mol. The summed E-state index contributed by atoms with van der Waals surface area (Å²) < 4.78 is 13.4. The van der Waals surface area contributed by atoms with Gasteiger partial charge in [0.05, 0.1) is 32.0 Å². The van der Waals surface area contributed by atoms with Gasteiger partial charge in [-0.05, 0) is 48.0 Å². The number of carbonyl (C=O) groups excluding carboxylic acids is 1. The molecule has 0 saturated heterocycles. The van der Waals surface area contributed by atoms with Crippen LogP contribution < -0.4 is 32.3 Å². The standard InChI is InChI=1S/C25H22ClN7O6/c1-38-22-11-10-20(14-28-22)39-19-8-6-18(7-9-19)29-23-32(15-16-2-4-17(26)5-3-16)24(35)31(25(36)33(23)27)13-12-21(34)30-37/h2-11,14H,12-13,15,27H2,1H3. The van der Waals surface area contributed by atoms with Crippen LogP contribution in [0.1, 0.15) is 12.0 Å². The Hall–Kier alpha value is -5.04. The van der Waals surface area contributed by atoms with E-state index in [1.807, 2.05) is 0 Å². The first kappa shape index (κ1) is 27.0. The molecule has 0 bridgehead atoms. The number of ether oxygens (including phenoxy) is 2. The maximum absolute atomic E-state index is 13.3. The summed E-state index contributed by atoms with van der Waals surface area (Å²) in [4.78, 5) is 56.6. The number of nitroso groups, excluding NO2 is 1. The van der Waals surface area contributed by atoms with E-state index in [2.05, 4.69) is 15.2 Å². The van der Waals surface area contributed by atoms with Gasteiger partial charge in [-0.1, -0.05) is 23.7 Å². The molecule has 14 heteroatoms. The Morgan fingerprint density at radius 1 is 0.974 bits per heavy atom. The van der Waals surface area contributed by atoms with Crippen molar-refractivity contribution >= 4 is 23.2 Å². The largest absolute Gasteiger partial charge is 0.481 e. The predicted octanol–water partition coefficient (Wildman–Crippen LogP) is 2.34. The molecule has 0 fully saturated rings. The van der Waals surface area contributed by atoms with Gasteiger partial charge >= 0.3 is 11.4 Å². The summed E-state index contributed by atoms with van der Waals surface area (Å²) in [5, 5.41) is 2.80. The van der Waals surface area contributed by atoms with Crippen molar-refractivity contribution in [2.75, 3.05) is 13.0 Å². The number of hydrogen-bond acceptors (Lipinski definition) is 9. The van der Waals surface area contributed by atoms with E-state index in [4.69, 9.17) is 26.9 Å². The first-order chi connectivity index (χ1) is 18.8. The van der Waals surface area contributed by atoms with Gasteiger partial charge in [-0.25, -0.2) is 24.1 Å². The number of aromatic nitrogens is 4. The lowest BCUT2D eigenvalue weighted by Gasteiger charge is -2.14. The van der Waals surface area contributed by atoms with Crippen LogP contribution in [0.25, 0.3) is 0 Å². The highest BCUT2D eigenvalue weighted by Crippen LogP contribution is 2.24. The molecule has 0 aliphatic rings. The van der Waals surface area contributed by atoms with E-state index in [1.54, 1.807) is 60.7 Å². The zero-order valence-electron chi connectivity index (χ0n) is 20.6. The number of hydrogen-bond donors (Lipinski definition) is 1. The molecule has 0 radical (unpaired) electrons. The summed E-state index contributed by atoms with van der Waals surface area (Å²) in [7, 11) is 1.51. The Bertz CT molecular complexity index is 1680. The van der Waals surface area contributed by atoms with Crippen molar-refractivity contribution < 1.29 is 14.3 Å². The van der Waals surface area contributed by atoms with E-state index in [-0.39, 0.29) is 18.7 Å². The van der Waals surface area contributed by atoms with Crippen molar-refractivity contribution in [3.05, 3.63) is 109 Å². The molecule has 0 spiro atoms. The summed E-state index contributed by atoms with van der Waals surface area (Å²) in [6.07, 6.45) is 1.07. The van der Waals surface area contributed by atoms with E-state index >= 15 is 0 Å². The highest BCUT2D eigenvalue weighted by atomic mass is 35.5. The summed E-state index contributed by atoms with van der Waals surface area (Å²) in [6, 6.07) is 16.6. The number of pyridine rings is 1. The van der Waals surface area contributed by atoms with Gasteiger partial charge in [0.1, 0.15) is 11.5 Å². The van der Waals surface area contributed by atoms with E-state index in [1.165, 1.54) is 17.9 Å². The number of amides is 1. The van der Waals surface area contributed by atoms with Gasteiger partial charge in [-0.3, -0.25) is 9.36 Å². The minimum absolute atomic E-state index is 0.0160. The lowest BCUT2D eigenvalue weighted by Crippen LogP contribution is -2.57. The number of nitrogens with two attached hydrogens (primary N) is 1. The monoisotopic (exact) mass is 551 g/mol. The second-order valence-corrected chi connectivity index (χ2v) is 8.51. The first-order valence-corrected chi connectivity index (χ1v) is 11.8. The van der Waals surface area contributed by atoms with Crippen LogP contribution in [0.4, 0.5) is 5.69 Å². The molecule has 200 valence electrons. The molecule has 2 aromatic carbocycles. The molecule has 0 saturated carbocycles. The smallest absolute Gasteiger partial charge is 0.353 e. The number of nitrogens with zero attached hydrogens (tertiary/aromatic N) is 6. The van der Waals surface area contributed by atoms with E-state index in [0.717, 1.165) is 4.57 Å². The fraction of sp³-hybridized carbons (Fsp3) is 0.160. The molecule has 2 aromatic heterocycles. The number of halogens is 1. The quantitative estimate of drug-likeness (QED) is 0.244. The van der Waals surface area contributed by atoms with E-state index in [9.17, 15) is 19.3 Å². The summed E-state index contributed by atoms with van der Waals surface area (Å²) in [5.41, 5.74) is -0.802. The summed E-state index contributed by atoms with van der Waals surface area (Å²) in [6.45, 7) is -0.398. The van der Waals surface area contributed by atoms with Crippen LogP contribution in [0.3, 0.4) is 0 Å². The lowest BCUT2D eigenvalue weighted by molar-refractivity contribution is -0.118. The Morgan fingerprint density at radius 3 is 2.28 bits per heavy atom. The number of benzene rings is 2. The minimum atomic E-state index is -1.00. The van der Waals surface area contributed by atoms with Gasteiger partial charge in [-0.15, -0.1) is 4.91 Å². The zero-order valence-corrected chi connectivity index (χ0v) is 21.3. The Morgan fingerprint density at radius 2 is 1.67 bits per heavy atom. The van der Waals surface area contributed by atoms with Crippen molar-refractivity contribution in [2.24, 2.45) is 10.2 Å². The average molecular weight is 552 g/mol. The maximum atomic E-state index is 13.3. The second-order valence-electron chi connectivity index (χ2n) is 8.08. The van der Waals surface area contributed by atoms with Crippen molar-refractivity contribution in [1.82, 2.24) is 18.8 Å². The summed E-state index contributed by atoms with van der Waals surface area (Å²) in [5.74, 6) is 6.49. The topological polar surface area (TPSA) is 165 Å². The molecule has 0 aliphatic heterocycles. The second kappa shape index (κ2) is 12.0. The fourth-order valence-corrected chi connectivity index (χ4v) is 3.64. The highest BCUT2D eigenvalue weighted by Gasteiger charge is 2.15. The Balaban J connectivity index is 1.74. The third-order valence-electron chi connectivity index (χ3n) is 5.48. The third-order valence-corrected chi connectivity index (χ3v) is 5.73. The van der Waals surface area contributed by atoms with Crippen LogP contribution >= 0.6 is 11.6 Å².